The predicted molar refractivity (Wildman–Crippen MR) is 91.5 cm³/mol. The molecule has 0 radical (unpaired) electrons. The van der Waals surface area contributed by atoms with E-state index in [1.54, 1.807) is 11.6 Å². The van der Waals surface area contributed by atoms with Crippen molar-refractivity contribution in [1.29, 1.82) is 0 Å². The highest BCUT2D eigenvalue weighted by atomic mass is 32.1. The van der Waals surface area contributed by atoms with E-state index in [-0.39, 0.29) is 11.5 Å². The van der Waals surface area contributed by atoms with Crippen molar-refractivity contribution in [3.63, 3.8) is 0 Å². The summed E-state index contributed by atoms with van der Waals surface area (Å²) in [6.45, 7) is 0. The number of rotatable bonds is 5. The van der Waals surface area contributed by atoms with Crippen LogP contribution in [0.3, 0.4) is 0 Å². The van der Waals surface area contributed by atoms with E-state index in [1.807, 2.05) is 0 Å². The van der Waals surface area contributed by atoms with Gasteiger partial charge in [-0.15, -0.1) is 11.3 Å². The number of alkyl halides is 3. The van der Waals surface area contributed by atoms with Crippen molar-refractivity contribution in [3.8, 4) is 0 Å². The SMILES string of the molecule is O=C(Nc1nccs1)C(CC1CCCC1)c1ccc(C(F)(F)F)c(F)c1. The molecular formula is C18H18F4N2OS. The maximum atomic E-state index is 14.0. The van der Waals surface area contributed by atoms with E-state index in [9.17, 15) is 22.4 Å². The van der Waals surface area contributed by atoms with Crippen LogP contribution in [0, 0.1) is 11.7 Å². The molecule has 0 saturated heterocycles. The number of nitrogens with one attached hydrogen (secondary N) is 1. The van der Waals surface area contributed by atoms with Crippen LogP contribution in [0.4, 0.5) is 22.7 Å². The van der Waals surface area contributed by atoms with Crippen molar-refractivity contribution < 1.29 is 22.4 Å². The summed E-state index contributed by atoms with van der Waals surface area (Å²) in [7, 11) is 0. The molecule has 1 amide bonds. The van der Waals surface area contributed by atoms with E-state index >= 15 is 0 Å². The van der Waals surface area contributed by atoms with Gasteiger partial charge in [-0.3, -0.25) is 4.79 Å². The number of thiazole rings is 1. The molecule has 3 nitrogen and oxygen atoms in total. The number of carbonyl (C=O) groups is 1. The maximum absolute atomic E-state index is 14.0. The summed E-state index contributed by atoms with van der Waals surface area (Å²) >= 11 is 1.25. The number of hydrogen-bond acceptors (Lipinski definition) is 3. The molecule has 0 spiro atoms. The Morgan fingerprint density at radius 1 is 1.31 bits per heavy atom. The van der Waals surface area contributed by atoms with E-state index in [0.717, 1.165) is 31.7 Å². The van der Waals surface area contributed by atoms with Crippen molar-refractivity contribution in [2.75, 3.05) is 5.32 Å². The molecule has 1 aromatic heterocycles. The zero-order valence-electron chi connectivity index (χ0n) is 13.9. The fraction of sp³-hybridized carbons (Fsp3) is 0.444. The lowest BCUT2D eigenvalue weighted by atomic mass is 9.86. The summed E-state index contributed by atoms with van der Waals surface area (Å²) in [5, 5.41) is 4.81. The summed E-state index contributed by atoms with van der Waals surface area (Å²) < 4.78 is 52.4. The largest absolute Gasteiger partial charge is 0.419 e. The van der Waals surface area contributed by atoms with Crippen LogP contribution in [0.25, 0.3) is 0 Å². The van der Waals surface area contributed by atoms with Crippen molar-refractivity contribution in [3.05, 3.63) is 46.7 Å². The third kappa shape index (κ3) is 4.41. The molecule has 140 valence electrons. The zero-order chi connectivity index (χ0) is 18.7. The standard InChI is InChI=1S/C18H18F4N2OS/c19-15-10-12(5-6-14(15)18(20,21)22)13(9-11-3-1-2-4-11)16(25)24-17-23-7-8-26-17/h5-8,10-11,13H,1-4,9H2,(H,23,24,25). The molecule has 2 aromatic rings. The quantitative estimate of drug-likeness (QED) is 0.679. The second kappa shape index (κ2) is 7.73. The van der Waals surface area contributed by atoms with E-state index in [2.05, 4.69) is 10.3 Å². The highest BCUT2D eigenvalue weighted by molar-refractivity contribution is 7.13. The Morgan fingerprint density at radius 3 is 2.62 bits per heavy atom. The van der Waals surface area contributed by atoms with Crippen LogP contribution in [0.1, 0.15) is 49.1 Å². The third-order valence-corrected chi connectivity index (χ3v) is 5.41. The summed E-state index contributed by atoms with van der Waals surface area (Å²) in [5.41, 5.74) is -1.06. The minimum Gasteiger partial charge on any atom is -0.301 e. The summed E-state index contributed by atoms with van der Waals surface area (Å²) in [6.07, 6.45) is 1.38. The molecule has 3 rings (SSSR count). The molecule has 1 saturated carbocycles. The smallest absolute Gasteiger partial charge is 0.301 e. The van der Waals surface area contributed by atoms with Crippen LogP contribution in [0.2, 0.25) is 0 Å². The monoisotopic (exact) mass is 386 g/mol. The number of hydrogen-bond donors (Lipinski definition) is 1. The van der Waals surface area contributed by atoms with Gasteiger partial charge < -0.3 is 5.32 Å². The summed E-state index contributed by atoms with van der Waals surface area (Å²) in [4.78, 5) is 16.7. The van der Waals surface area contributed by atoms with Gasteiger partial charge in [0.25, 0.3) is 0 Å². The van der Waals surface area contributed by atoms with Crippen LogP contribution in [-0.4, -0.2) is 10.9 Å². The molecule has 0 aliphatic heterocycles. The minimum absolute atomic E-state index is 0.261. The molecule has 8 heteroatoms. The lowest BCUT2D eigenvalue weighted by molar-refractivity contribution is -0.140. The summed E-state index contributed by atoms with van der Waals surface area (Å²) in [6, 6.07) is 2.75. The Labute approximate surface area is 152 Å². The van der Waals surface area contributed by atoms with E-state index in [0.29, 0.717) is 23.5 Å². The molecule has 1 heterocycles. The average Bonchev–Trinajstić information content (AvgIpc) is 3.24. The van der Waals surface area contributed by atoms with Crippen molar-refractivity contribution >= 4 is 22.4 Å². The van der Waals surface area contributed by atoms with Gasteiger partial charge in [0.15, 0.2) is 5.13 Å². The fourth-order valence-electron chi connectivity index (χ4n) is 3.43. The molecule has 1 fully saturated rings. The fourth-order valence-corrected chi connectivity index (χ4v) is 3.96. The normalized spacial score (nSPS) is 16.6. The van der Waals surface area contributed by atoms with Gasteiger partial charge in [0.2, 0.25) is 5.91 Å². The van der Waals surface area contributed by atoms with Gasteiger partial charge in [0.1, 0.15) is 5.82 Å². The second-order valence-electron chi connectivity index (χ2n) is 6.50. The first-order valence-corrected chi connectivity index (χ1v) is 9.29. The first-order valence-electron chi connectivity index (χ1n) is 8.41. The Bertz CT molecular complexity index is 755. The lowest BCUT2D eigenvalue weighted by Crippen LogP contribution is -2.23. The first kappa shape index (κ1) is 18.8. The Balaban J connectivity index is 1.86. The number of benzene rings is 1. The van der Waals surface area contributed by atoms with Gasteiger partial charge in [-0.25, -0.2) is 9.37 Å². The second-order valence-corrected chi connectivity index (χ2v) is 7.40. The number of anilines is 1. The molecular weight excluding hydrogens is 368 g/mol. The number of nitrogens with zero attached hydrogens (tertiary/aromatic N) is 1. The van der Waals surface area contributed by atoms with Crippen LogP contribution in [0.15, 0.2) is 29.8 Å². The molecule has 26 heavy (non-hydrogen) atoms. The van der Waals surface area contributed by atoms with Gasteiger partial charge in [0, 0.05) is 11.6 Å². The molecule has 1 N–H and O–H groups in total. The Hall–Kier alpha value is -1.96. The van der Waals surface area contributed by atoms with Gasteiger partial charge in [-0.1, -0.05) is 31.7 Å². The van der Waals surface area contributed by atoms with Gasteiger partial charge >= 0.3 is 6.18 Å². The maximum Gasteiger partial charge on any atom is 0.419 e. The van der Waals surface area contributed by atoms with Crippen LogP contribution in [-0.2, 0) is 11.0 Å². The highest BCUT2D eigenvalue weighted by Gasteiger charge is 2.35. The van der Waals surface area contributed by atoms with Gasteiger partial charge in [-0.2, -0.15) is 13.2 Å². The van der Waals surface area contributed by atoms with Crippen LogP contribution < -0.4 is 5.32 Å². The lowest BCUT2D eigenvalue weighted by Gasteiger charge is -2.21. The topological polar surface area (TPSA) is 42.0 Å². The minimum atomic E-state index is -4.76. The number of aromatic nitrogens is 1. The van der Waals surface area contributed by atoms with Crippen molar-refractivity contribution in [1.82, 2.24) is 4.98 Å². The average molecular weight is 386 g/mol. The van der Waals surface area contributed by atoms with E-state index in [1.165, 1.54) is 17.4 Å². The van der Waals surface area contributed by atoms with Crippen molar-refractivity contribution in [2.45, 2.75) is 44.2 Å². The predicted octanol–water partition coefficient (Wildman–Crippen LogP) is 5.60. The Morgan fingerprint density at radius 2 is 2.04 bits per heavy atom. The first-order chi connectivity index (χ1) is 12.3. The molecule has 1 aromatic carbocycles. The van der Waals surface area contributed by atoms with Crippen molar-refractivity contribution in [2.24, 2.45) is 5.92 Å². The molecule has 0 bridgehead atoms. The molecule has 1 atom stereocenters. The highest BCUT2D eigenvalue weighted by Crippen LogP contribution is 2.37. The van der Waals surface area contributed by atoms with Gasteiger partial charge in [-0.05, 0) is 30.0 Å². The molecule has 1 unspecified atom stereocenters. The number of halogens is 4. The third-order valence-electron chi connectivity index (χ3n) is 4.72. The number of amides is 1. The number of carbonyl (C=O) groups excluding carboxylic acids is 1. The molecule has 1 aliphatic carbocycles. The van der Waals surface area contributed by atoms with E-state index in [4.69, 9.17) is 0 Å². The van der Waals surface area contributed by atoms with Crippen LogP contribution >= 0.6 is 11.3 Å². The molecule has 1 aliphatic rings. The zero-order valence-corrected chi connectivity index (χ0v) is 14.7. The summed E-state index contributed by atoms with van der Waals surface area (Å²) in [5.74, 6) is -2.12. The van der Waals surface area contributed by atoms with E-state index < -0.39 is 23.5 Å². The van der Waals surface area contributed by atoms with Gasteiger partial charge in [0.05, 0.1) is 11.5 Å². The van der Waals surface area contributed by atoms with Crippen LogP contribution in [0.5, 0.6) is 0 Å². The Kier molecular flexibility index (Phi) is 5.60.